The molecule has 0 spiro atoms. The Bertz CT molecular complexity index is 241. The Balaban J connectivity index is 1.63. The third-order valence-electron chi connectivity index (χ3n) is 5.22. The first-order valence-electron chi connectivity index (χ1n) is 6.60. The molecule has 86 valence electrons. The monoisotopic (exact) mass is 210 g/mol. The molecule has 0 aliphatic heterocycles. The number of fused-ring (bicyclic) bond motifs is 2. The van der Waals surface area contributed by atoms with Gasteiger partial charge in [0.05, 0.1) is 12.2 Å². The van der Waals surface area contributed by atoms with Crippen molar-refractivity contribution < 1.29 is 10.2 Å². The third kappa shape index (κ3) is 1.72. The lowest BCUT2D eigenvalue weighted by atomic mass is 9.71. The Labute approximate surface area is 91.7 Å². The second kappa shape index (κ2) is 3.74. The maximum absolute atomic E-state index is 9.73. The molecule has 0 heterocycles. The van der Waals surface area contributed by atoms with Gasteiger partial charge in [0.1, 0.15) is 0 Å². The Kier molecular flexibility index (Phi) is 2.52. The minimum atomic E-state index is -0.445. The molecule has 0 aromatic carbocycles. The van der Waals surface area contributed by atoms with Gasteiger partial charge in [-0.15, -0.1) is 0 Å². The molecule has 15 heavy (non-hydrogen) atoms. The Hall–Kier alpha value is -0.0800. The number of aliphatic hydroxyl groups is 2. The zero-order valence-corrected chi connectivity index (χ0v) is 9.31. The van der Waals surface area contributed by atoms with E-state index in [-0.39, 0.29) is 0 Å². The number of rotatable bonds is 1. The van der Waals surface area contributed by atoms with Gasteiger partial charge in [-0.1, -0.05) is 6.42 Å². The smallest absolute Gasteiger partial charge is 0.0801 e. The minimum Gasteiger partial charge on any atom is -0.390 e. The highest BCUT2D eigenvalue weighted by atomic mass is 16.3. The molecule has 2 heteroatoms. The van der Waals surface area contributed by atoms with E-state index in [0.717, 1.165) is 37.0 Å². The first-order chi connectivity index (χ1) is 7.24. The number of hydrogen-bond acceptors (Lipinski definition) is 2. The van der Waals surface area contributed by atoms with Crippen molar-refractivity contribution in [2.45, 2.75) is 57.2 Å². The van der Waals surface area contributed by atoms with Crippen molar-refractivity contribution >= 4 is 0 Å². The average molecular weight is 210 g/mol. The van der Waals surface area contributed by atoms with Gasteiger partial charge in [-0.3, -0.25) is 0 Å². The fourth-order valence-electron chi connectivity index (χ4n) is 4.42. The minimum absolute atomic E-state index is 0.442. The van der Waals surface area contributed by atoms with E-state index in [0.29, 0.717) is 5.92 Å². The van der Waals surface area contributed by atoms with Gasteiger partial charge >= 0.3 is 0 Å². The normalized spacial score (nSPS) is 54.8. The summed E-state index contributed by atoms with van der Waals surface area (Å²) in [5.41, 5.74) is 0. The van der Waals surface area contributed by atoms with Crippen LogP contribution in [0.25, 0.3) is 0 Å². The van der Waals surface area contributed by atoms with Gasteiger partial charge in [-0.2, -0.15) is 0 Å². The molecule has 2 nitrogen and oxygen atoms in total. The molecule has 0 saturated heterocycles. The van der Waals surface area contributed by atoms with Crippen LogP contribution in [0.1, 0.15) is 44.9 Å². The molecule has 0 unspecified atom stereocenters. The van der Waals surface area contributed by atoms with Crippen molar-refractivity contribution in [1.82, 2.24) is 0 Å². The van der Waals surface area contributed by atoms with Crippen LogP contribution >= 0.6 is 0 Å². The summed E-state index contributed by atoms with van der Waals surface area (Å²) >= 11 is 0. The quantitative estimate of drug-likeness (QED) is 0.694. The average Bonchev–Trinajstić information content (AvgIpc) is 2.83. The van der Waals surface area contributed by atoms with Crippen molar-refractivity contribution in [2.24, 2.45) is 23.7 Å². The van der Waals surface area contributed by atoms with Gasteiger partial charge in [0.25, 0.3) is 0 Å². The second-order valence-corrected chi connectivity index (χ2v) is 6.05. The van der Waals surface area contributed by atoms with Crippen LogP contribution in [-0.2, 0) is 0 Å². The predicted molar refractivity (Wildman–Crippen MR) is 58.3 cm³/mol. The largest absolute Gasteiger partial charge is 0.390 e. The molecule has 0 radical (unpaired) electrons. The van der Waals surface area contributed by atoms with Crippen molar-refractivity contribution in [3.05, 3.63) is 0 Å². The summed E-state index contributed by atoms with van der Waals surface area (Å²) in [7, 11) is 0. The molecule has 3 aliphatic carbocycles. The van der Waals surface area contributed by atoms with Crippen molar-refractivity contribution in [3.8, 4) is 0 Å². The van der Waals surface area contributed by atoms with Crippen molar-refractivity contribution in [1.29, 1.82) is 0 Å². The van der Waals surface area contributed by atoms with Gasteiger partial charge in [0, 0.05) is 0 Å². The van der Waals surface area contributed by atoms with E-state index in [1.807, 2.05) is 0 Å². The molecule has 3 saturated carbocycles. The predicted octanol–water partition coefficient (Wildman–Crippen LogP) is 1.94. The highest BCUT2D eigenvalue weighted by molar-refractivity contribution is 4.95. The van der Waals surface area contributed by atoms with Crippen molar-refractivity contribution in [3.63, 3.8) is 0 Å². The van der Waals surface area contributed by atoms with Crippen LogP contribution < -0.4 is 0 Å². The summed E-state index contributed by atoms with van der Waals surface area (Å²) in [5, 5.41) is 19.2. The Morgan fingerprint density at radius 1 is 0.667 bits per heavy atom. The first kappa shape index (κ1) is 10.1. The standard InChI is InChI=1S/C13H22O2/c14-12-4-3-10(7-13(12)15)11-6-8-1-2-9(11)5-8/h8-15H,1-7H2/t8-,9-,10-,11-,12+,13-/m0/s1. The Morgan fingerprint density at radius 2 is 1.40 bits per heavy atom. The van der Waals surface area contributed by atoms with Crippen LogP contribution in [0.2, 0.25) is 0 Å². The summed E-state index contributed by atoms with van der Waals surface area (Å²) in [6, 6.07) is 0. The third-order valence-corrected chi connectivity index (χ3v) is 5.22. The fraction of sp³-hybridized carbons (Fsp3) is 1.00. The van der Waals surface area contributed by atoms with Gasteiger partial charge in [-0.25, -0.2) is 0 Å². The van der Waals surface area contributed by atoms with Crippen molar-refractivity contribution in [2.75, 3.05) is 0 Å². The topological polar surface area (TPSA) is 40.5 Å². The lowest BCUT2D eigenvalue weighted by Gasteiger charge is -2.37. The SMILES string of the molecule is O[C@@H]1CC[C@H]([C@H]2C[C@H]3CC[C@H]2C3)C[C@@H]1O. The molecule has 0 aromatic heterocycles. The molecular formula is C13H22O2. The second-order valence-electron chi connectivity index (χ2n) is 6.05. The molecule has 0 aromatic rings. The van der Waals surface area contributed by atoms with Crippen LogP contribution in [0, 0.1) is 23.7 Å². The lowest BCUT2D eigenvalue weighted by molar-refractivity contribution is -0.0392. The van der Waals surface area contributed by atoms with E-state index in [1.165, 1.54) is 25.7 Å². The van der Waals surface area contributed by atoms with Crippen LogP contribution in [0.5, 0.6) is 0 Å². The molecule has 0 amide bonds. The number of aliphatic hydroxyl groups excluding tert-OH is 2. The zero-order chi connectivity index (χ0) is 10.4. The van der Waals surface area contributed by atoms with Gasteiger partial charge in [0.2, 0.25) is 0 Å². The first-order valence-corrected chi connectivity index (χ1v) is 6.60. The summed E-state index contributed by atoms with van der Waals surface area (Å²) in [6.45, 7) is 0. The van der Waals surface area contributed by atoms with E-state index in [2.05, 4.69) is 0 Å². The van der Waals surface area contributed by atoms with E-state index in [1.54, 1.807) is 0 Å². The molecule has 3 aliphatic rings. The van der Waals surface area contributed by atoms with E-state index in [4.69, 9.17) is 0 Å². The summed E-state index contributed by atoms with van der Waals surface area (Å²) < 4.78 is 0. The highest BCUT2D eigenvalue weighted by Gasteiger charge is 2.44. The molecule has 2 bridgehead atoms. The number of hydrogen-bond donors (Lipinski definition) is 2. The van der Waals surface area contributed by atoms with Gasteiger partial charge in [-0.05, 0) is 62.2 Å². The lowest BCUT2D eigenvalue weighted by Crippen LogP contribution is -2.37. The van der Waals surface area contributed by atoms with E-state index in [9.17, 15) is 10.2 Å². The van der Waals surface area contributed by atoms with Gasteiger partial charge < -0.3 is 10.2 Å². The molecule has 6 atom stereocenters. The van der Waals surface area contributed by atoms with Crippen LogP contribution in [0.4, 0.5) is 0 Å². The summed E-state index contributed by atoms with van der Waals surface area (Å²) in [4.78, 5) is 0. The summed E-state index contributed by atoms with van der Waals surface area (Å²) in [6.07, 6.45) is 7.70. The van der Waals surface area contributed by atoms with E-state index < -0.39 is 12.2 Å². The van der Waals surface area contributed by atoms with Crippen LogP contribution in [0.3, 0.4) is 0 Å². The maximum Gasteiger partial charge on any atom is 0.0801 e. The van der Waals surface area contributed by atoms with Crippen LogP contribution in [0.15, 0.2) is 0 Å². The van der Waals surface area contributed by atoms with Crippen LogP contribution in [-0.4, -0.2) is 22.4 Å². The maximum atomic E-state index is 9.73. The summed E-state index contributed by atoms with van der Waals surface area (Å²) in [5.74, 6) is 3.55. The van der Waals surface area contributed by atoms with E-state index >= 15 is 0 Å². The molecule has 3 rings (SSSR count). The van der Waals surface area contributed by atoms with Gasteiger partial charge in [0.15, 0.2) is 0 Å². The molecule has 2 N–H and O–H groups in total. The highest BCUT2D eigenvalue weighted by Crippen LogP contribution is 2.53. The molecule has 3 fully saturated rings. The molecular weight excluding hydrogens is 188 g/mol. The fourth-order valence-corrected chi connectivity index (χ4v) is 4.42. The Morgan fingerprint density at radius 3 is 2.00 bits per heavy atom. The zero-order valence-electron chi connectivity index (χ0n) is 9.31.